The molecule has 0 aliphatic carbocycles. The Morgan fingerprint density at radius 1 is 1.62 bits per heavy atom. The smallest absolute Gasteiger partial charge is 0.325 e. The molecule has 84 valence electrons. The fourth-order valence-corrected chi connectivity index (χ4v) is 1.51. The molecule has 0 radical (unpaired) electrons. The second-order valence-electron chi connectivity index (χ2n) is 3.35. The van der Waals surface area contributed by atoms with Crippen molar-refractivity contribution >= 4 is 34.4 Å². The average molecular weight is 241 g/mol. The summed E-state index contributed by atoms with van der Waals surface area (Å²) in [5.74, 6) is -0.578. The maximum absolute atomic E-state index is 10.7. The lowest BCUT2D eigenvalue weighted by Crippen LogP contribution is -2.25. The van der Waals surface area contributed by atoms with Crippen LogP contribution in [0.3, 0.4) is 0 Å². The van der Waals surface area contributed by atoms with Gasteiger partial charge in [-0.25, -0.2) is 0 Å². The Morgan fingerprint density at radius 3 is 3.06 bits per heavy atom. The van der Waals surface area contributed by atoms with E-state index in [2.05, 4.69) is 10.5 Å². The quantitative estimate of drug-likeness (QED) is 0.861. The number of fused-ring (bicyclic) bond motifs is 1. The van der Waals surface area contributed by atoms with Crippen molar-refractivity contribution in [3.05, 3.63) is 23.2 Å². The van der Waals surface area contributed by atoms with Gasteiger partial charge in [-0.1, -0.05) is 22.8 Å². The number of para-hydroxylation sites is 1. The minimum Gasteiger partial charge on any atom is -0.480 e. The van der Waals surface area contributed by atoms with Gasteiger partial charge < -0.3 is 14.9 Å². The molecule has 5 nitrogen and oxygen atoms in total. The Labute approximate surface area is 96.0 Å². The lowest BCUT2D eigenvalue weighted by atomic mass is 10.2. The zero-order chi connectivity index (χ0) is 11.7. The second kappa shape index (κ2) is 4.02. The molecular formula is C10H9ClN2O3. The highest BCUT2D eigenvalue weighted by Crippen LogP contribution is 2.28. The van der Waals surface area contributed by atoms with E-state index in [-0.39, 0.29) is 0 Å². The van der Waals surface area contributed by atoms with E-state index in [1.165, 1.54) is 6.92 Å². The first-order chi connectivity index (χ1) is 7.59. The number of carboxylic acid groups (broad SMARTS) is 1. The van der Waals surface area contributed by atoms with Gasteiger partial charge in [0.1, 0.15) is 6.04 Å². The van der Waals surface area contributed by atoms with Crippen molar-refractivity contribution in [2.45, 2.75) is 13.0 Å². The largest absolute Gasteiger partial charge is 0.480 e. The number of aliphatic carboxylic acids is 1. The Balaban J connectivity index is 2.39. The molecular weight excluding hydrogens is 232 g/mol. The average Bonchev–Trinajstić information content (AvgIpc) is 2.63. The van der Waals surface area contributed by atoms with Crippen molar-refractivity contribution in [1.82, 2.24) is 5.16 Å². The number of hydrogen-bond donors (Lipinski definition) is 2. The van der Waals surface area contributed by atoms with Gasteiger partial charge in [0.05, 0.1) is 10.4 Å². The predicted octanol–water partition coefficient (Wildman–Crippen LogP) is 2.37. The van der Waals surface area contributed by atoms with Crippen molar-refractivity contribution in [2.75, 3.05) is 5.32 Å². The van der Waals surface area contributed by atoms with Crippen molar-refractivity contribution in [2.24, 2.45) is 0 Å². The first kappa shape index (κ1) is 10.8. The monoisotopic (exact) mass is 240 g/mol. The van der Waals surface area contributed by atoms with Crippen LogP contribution in [0.2, 0.25) is 5.02 Å². The number of carboxylic acids is 1. The number of halogens is 1. The number of aromatic nitrogens is 1. The summed E-state index contributed by atoms with van der Waals surface area (Å²) in [4.78, 5) is 10.7. The van der Waals surface area contributed by atoms with Gasteiger partial charge in [0.2, 0.25) is 0 Å². The molecule has 0 amide bonds. The Hall–Kier alpha value is -1.75. The van der Waals surface area contributed by atoms with E-state index in [1.807, 2.05) is 0 Å². The van der Waals surface area contributed by atoms with Gasteiger partial charge in [-0.3, -0.25) is 4.79 Å². The van der Waals surface area contributed by atoms with E-state index in [4.69, 9.17) is 21.2 Å². The third-order valence-electron chi connectivity index (χ3n) is 2.17. The molecule has 0 bridgehead atoms. The molecule has 2 rings (SSSR count). The zero-order valence-corrected chi connectivity index (χ0v) is 9.15. The first-order valence-electron chi connectivity index (χ1n) is 4.63. The lowest BCUT2D eigenvalue weighted by Gasteiger charge is -2.06. The fourth-order valence-electron chi connectivity index (χ4n) is 1.30. The van der Waals surface area contributed by atoms with E-state index in [0.29, 0.717) is 21.8 Å². The molecule has 1 heterocycles. The predicted molar refractivity (Wildman–Crippen MR) is 59.7 cm³/mol. The summed E-state index contributed by atoms with van der Waals surface area (Å²) >= 11 is 5.89. The van der Waals surface area contributed by atoms with Gasteiger partial charge in [-0.15, -0.1) is 0 Å². The van der Waals surface area contributed by atoms with Crippen LogP contribution < -0.4 is 5.32 Å². The van der Waals surface area contributed by atoms with Crippen LogP contribution in [-0.4, -0.2) is 22.3 Å². The highest BCUT2D eigenvalue weighted by molar-refractivity contribution is 6.35. The molecule has 0 aliphatic rings. The van der Waals surface area contributed by atoms with Gasteiger partial charge in [0.15, 0.2) is 11.4 Å². The molecule has 0 fully saturated rings. The van der Waals surface area contributed by atoms with E-state index in [1.54, 1.807) is 18.2 Å². The minimum atomic E-state index is -0.960. The summed E-state index contributed by atoms with van der Waals surface area (Å²) in [5.41, 5.74) is 0.448. The Kier molecular flexibility index (Phi) is 2.70. The molecule has 0 aliphatic heterocycles. The first-order valence-corrected chi connectivity index (χ1v) is 5.00. The van der Waals surface area contributed by atoms with Crippen molar-refractivity contribution < 1.29 is 14.4 Å². The Bertz CT molecular complexity index is 538. The van der Waals surface area contributed by atoms with E-state index < -0.39 is 12.0 Å². The van der Waals surface area contributed by atoms with Gasteiger partial charge in [-0.05, 0) is 19.1 Å². The minimum absolute atomic E-state index is 0.382. The maximum Gasteiger partial charge on any atom is 0.325 e. The number of benzene rings is 1. The lowest BCUT2D eigenvalue weighted by molar-refractivity contribution is -0.137. The fraction of sp³-hybridized carbons (Fsp3) is 0.200. The molecule has 1 aromatic heterocycles. The summed E-state index contributed by atoms with van der Waals surface area (Å²) in [6.07, 6.45) is 0. The summed E-state index contributed by atoms with van der Waals surface area (Å²) in [7, 11) is 0. The molecule has 2 N–H and O–H groups in total. The summed E-state index contributed by atoms with van der Waals surface area (Å²) in [6.45, 7) is 1.52. The molecule has 16 heavy (non-hydrogen) atoms. The summed E-state index contributed by atoms with van der Waals surface area (Å²) in [6, 6.07) is 4.44. The SMILES string of the molecule is CC(Nc1noc2c(Cl)cccc12)C(=O)O. The number of nitrogens with zero attached hydrogens (tertiary/aromatic N) is 1. The topological polar surface area (TPSA) is 75.4 Å². The van der Waals surface area contributed by atoms with Crippen LogP contribution >= 0.6 is 11.6 Å². The van der Waals surface area contributed by atoms with Crippen LogP contribution in [0.15, 0.2) is 22.7 Å². The molecule has 0 saturated heterocycles. The van der Waals surface area contributed by atoms with Crippen LogP contribution in [0.25, 0.3) is 11.0 Å². The maximum atomic E-state index is 10.7. The van der Waals surface area contributed by atoms with Crippen LogP contribution in [0.1, 0.15) is 6.92 Å². The number of hydrogen-bond acceptors (Lipinski definition) is 4. The Morgan fingerprint density at radius 2 is 2.38 bits per heavy atom. The molecule has 0 saturated carbocycles. The number of anilines is 1. The second-order valence-corrected chi connectivity index (χ2v) is 3.76. The zero-order valence-electron chi connectivity index (χ0n) is 8.40. The van der Waals surface area contributed by atoms with Crippen molar-refractivity contribution in [3.8, 4) is 0 Å². The normalized spacial score (nSPS) is 12.6. The van der Waals surface area contributed by atoms with E-state index >= 15 is 0 Å². The molecule has 6 heteroatoms. The molecule has 2 aromatic rings. The van der Waals surface area contributed by atoms with Gasteiger partial charge >= 0.3 is 5.97 Å². The number of nitrogens with one attached hydrogen (secondary N) is 1. The molecule has 1 aromatic carbocycles. The number of rotatable bonds is 3. The third kappa shape index (κ3) is 1.81. The molecule has 1 unspecified atom stereocenters. The van der Waals surface area contributed by atoms with Crippen LogP contribution in [0.4, 0.5) is 5.82 Å². The highest BCUT2D eigenvalue weighted by Gasteiger charge is 2.16. The molecule has 1 atom stereocenters. The van der Waals surface area contributed by atoms with E-state index in [9.17, 15) is 4.79 Å². The van der Waals surface area contributed by atoms with Crippen molar-refractivity contribution in [3.63, 3.8) is 0 Å². The highest BCUT2D eigenvalue weighted by atomic mass is 35.5. The van der Waals surface area contributed by atoms with Gasteiger partial charge in [0, 0.05) is 0 Å². The van der Waals surface area contributed by atoms with Crippen LogP contribution in [0.5, 0.6) is 0 Å². The van der Waals surface area contributed by atoms with E-state index in [0.717, 1.165) is 0 Å². The number of carbonyl (C=O) groups is 1. The summed E-state index contributed by atoms with van der Waals surface area (Å²) < 4.78 is 5.02. The standard InChI is InChI=1S/C10H9ClN2O3/c1-5(10(14)15)12-9-6-3-2-4-7(11)8(6)16-13-9/h2-5H,1H3,(H,12,13)(H,14,15). The summed E-state index contributed by atoms with van der Waals surface area (Å²) in [5, 5.41) is 16.3. The van der Waals surface area contributed by atoms with Gasteiger partial charge in [0.25, 0.3) is 0 Å². The van der Waals surface area contributed by atoms with Crippen LogP contribution in [-0.2, 0) is 4.79 Å². The molecule has 0 spiro atoms. The van der Waals surface area contributed by atoms with Gasteiger partial charge in [-0.2, -0.15) is 0 Å². The third-order valence-corrected chi connectivity index (χ3v) is 2.47. The van der Waals surface area contributed by atoms with Crippen LogP contribution in [0, 0.1) is 0 Å². The van der Waals surface area contributed by atoms with Crippen molar-refractivity contribution in [1.29, 1.82) is 0 Å².